The summed E-state index contributed by atoms with van der Waals surface area (Å²) >= 11 is 0. The number of carbonyl (C=O) groups is 1. The van der Waals surface area contributed by atoms with Crippen LogP contribution in [-0.4, -0.2) is 25.7 Å². The number of benzene rings is 2. The van der Waals surface area contributed by atoms with E-state index in [1.165, 1.54) is 25.3 Å². The number of carbonyl (C=O) groups excluding carboxylic acids is 1. The zero-order chi connectivity index (χ0) is 20.3. The van der Waals surface area contributed by atoms with Gasteiger partial charge in [0.15, 0.2) is 18.1 Å². The van der Waals surface area contributed by atoms with Gasteiger partial charge in [0.05, 0.1) is 24.3 Å². The number of methoxy groups -OCH3 is 1. The number of hydrogen-bond donors (Lipinski definition) is 1. The molecule has 1 aliphatic carbocycles. The van der Waals surface area contributed by atoms with E-state index in [1.54, 1.807) is 12.1 Å². The standard InChI is InChI=1S/C20H17F3N2O3/c1-27-18-7-12(10-24)5-6-17(18)28-11-19(26)25-16-9-15(16)13-3-2-4-14(8-13)20(21,22)23/h2-8,15-16H,9,11H2,1H3,(H,25,26)/t15-,16-/m0/s1. The van der Waals surface area contributed by atoms with E-state index in [0.717, 1.165) is 12.1 Å². The molecular formula is C20H17F3N2O3. The highest BCUT2D eigenvalue weighted by molar-refractivity contribution is 5.78. The van der Waals surface area contributed by atoms with Crippen LogP contribution in [0.4, 0.5) is 13.2 Å². The van der Waals surface area contributed by atoms with Crippen molar-refractivity contribution in [2.75, 3.05) is 13.7 Å². The van der Waals surface area contributed by atoms with Crippen LogP contribution in [0.2, 0.25) is 0 Å². The van der Waals surface area contributed by atoms with Gasteiger partial charge < -0.3 is 14.8 Å². The first-order valence-corrected chi connectivity index (χ1v) is 8.49. The molecule has 1 aliphatic rings. The number of rotatable bonds is 6. The third-order valence-corrected chi connectivity index (χ3v) is 4.43. The average molecular weight is 390 g/mol. The van der Waals surface area contributed by atoms with E-state index in [1.807, 2.05) is 6.07 Å². The molecule has 0 aromatic heterocycles. The van der Waals surface area contributed by atoms with Gasteiger partial charge in [-0.15, -0.1) is 0 Å². The molecule has 1 amide bonds. The predicted molar refractivity (Wildman–Crippen MR) is 93.9 cm³/mol. The first-order valence-electron chi connectivity index (χ1n) is 8.49. The molecule has 1 saturated carbocycles. The minimum absolute atomic E-state index is 0.143. The van der Waals surface area contributed by atoms with Crippen LogP contribution in [0.3, 0.4) is 0 Å². The second-order valence-electron chi connectivity index (χ2n) is 6.41. The van der Waals surface area contributed by atoms with Gasteiger partial charge in [-0.25, -0.2) is 0 Å². The summed E-state index contributed by atoms with van der Waals surface area (Å²) in [6.07, 6.45) is -3.81. The van der Waals surface area contributed by atoms with Crippen molar-refractivity contribution < 1.29 is 27.4 Å². The van der Waals surface area contributed by atoms with Gasteiger partial charge >= 0.3 is 6.18 Å². The fourth-order valence-electron chi connectivity index (χ4n) is 2.92. The average Bonchev–Trinajstić information content (AvgIpc) is 3.44. The third kappa shape index (κ3) is 4.55. The number of alkyl halides is 3. The van der Waals surface area contributed by atoms with Crippen LogP contribution in [0, 0.1) is 11.3 Å². The highest BCUT2D eigenvalue weighted by Crippen LogP contribution is 2.42. The quantitative estimate of drug-likeness (QED) is 0.818. The van der Waals surface area contributed by atoms with E-state index in [4.69, 9.17) is 14.7 Å². The Kier molecular flexibility index (Phi) is 5.45. The molecular weight excluding hydrogens is 373 g/mol. The van der Waals surface area contributed by atoms with Crippen molar-refractivity contribution in [2.24, 2.45) is 0 Å². The van der Waals surface area contributed by atoms with Crippen LogP contribution in [0.1, 0.15) is 29.0 Å². The maximum Gasteiger partial charge on any atom is 0.416 e. The summed E-state index contributed by atoms with van der Waals surface area (Å²) in [5.41, 5.74) is 0.253. The van der Waals surface area contributed by atoms with Crippen LogP contribution in [0.15, 0.2) is 42.5 Å². The highest BCUT2D eigenvalue weighted by atomic mass is 19.4. The van der Waals surface area contributed by atoms with E-state index in [2.05, 4.69) is 5.32 Å². The maximum atomic E-state index is 12.8. The van der Waals surface area contributed by atoms with Gasteiger partial charge in [-0.3, -0.25) is 4.79 Å². The van der Waals surface area contributed by atoms with Gasteiger partial charge in [0, 0.05) is 18.0 Å². The molecule has 0 bridgehead atoms. The van der Waals surface area contributed by atoms with E-state index in [9.17, 15) is 18.0 Å². The van der Waals surface area contributed by atoms with Crippen molar-refractivity contribution in [3.05, 3.63) is 59.2 Å². The number of nitriles is 1. The number of amides is 1. The van der Waals surface area contributed by atoms with E-state index >= 15 is 0 Å². The molecule has 0 spiro atoms. The molecule has 0 aliphatic heterocycles. The lowest BCUT2D eigenvalue weighted by molar-refractivity contribution is -0.137. The molecule has 2 atom stereocenters. The summed E-state index contributed by atoms with van der Waals surface area (Å²) < 4.78 is 49.0. The van der Waals surface area contributed by atoms with Crippen molar-refractivity contribution in [1.29, 1.82) is 5.26 Å². The lowest BCUT2D eigenvalue weighted by Gasteiger charge is -2.11. The van der Waals surface area contributed by atoms with Crippen LogP contribution >= 0.6 is 0 Å². The van der Waals surface area contributed by atoms with Crippen LogP contribution < -0.4 is 14.8 Å². The van der Waals surface area contributed by atoms with E-state index in [-0.39, 0.29) is 24.5 Å². The molecule has 5 nitrogen and oxygen atoms in total. The second-order valence-corrected chi connectivity index (χ2v) is 6.41. The summed E-state index contributed by atoms with van der Waals surface area (Å²) in [5.74, 6) is 0.128. The lowest BCUT2D eigenvalue weighted by atomic mass is 10.1. The predicted octanol–water partition coefficient (Wildman–Crippen LogP) is 3.64. The Bertz CT molecular complexity index is 922. The molecule has 1 N–H and O–H groups in total. The summed E-state index contributed by atoms with van der Waals surface area (Å²) in [4.78, 5) is 12.1. The smallest absolute Gasteiger partial charge is 0.416 e. The van der Waals surface area contributed by atoms with Crippen LogP contribution in [0.5, 0.6) is 11.5 Å². The maximum absolute atomic E-state index is 12.8. The topological polar surface area (TPSA) is 71.3 Å². The van der Waals surface area contributed by atoms with Gasteiger partial charge in [0.25, 0.3) is 5.91 Å². The molecule has 1 fully saturated rings. The van der Waals surface area contributed by atoms with E-state index in [0.29, 0.717) is 29.0 Å². The number of nitrogens with one attached hydrogen (secondary N) is 1. The minimum Gasteiger partial charge on any atom is -0.493 e. The SMILES string of the molecule is COc1cc(C#N)ccc1OCC(=O)N[C@H]1C[C@H]1c1cccc(C(F)(F)F)c1. The molecule has 8 heteroatoms. The van der Waals surface area contributed by atoms with Gasteiger partial charge in [-0.2, -0.15) is 18.4 Å². The largest absolute Gasteiger partial charge is 0.493 e. The molecule has 3 rings (SSSR count). The second kappa shape index (κ2) is 7.80. The molecule has 2 aromatic carbocycles. The number of hydrogen-bond acceptors (Lipinski definition) is 4. The molecule has 2 aromatic rings. The molecule has 0 radical (unpaired) electrons. The fraction of sp³-hybridized carbons (Fsp3) is 0.300. The summed E-state index contributed by atoms with van der Waals surface area (Å²) in [7, 11) is 1.42. The fourth-order valence-corrected chi connectivity index (χ4v) is 2.92. The normalized spacial score (nSPS) is 18.1. The van der Waals surface area contributed by atoms with Crippen molar-refractivity contribution in [1.82, 2.24) is 5.32 Å². The van der Waals surface area contributed by atoms with Gasteiger partial charge in [-0.05, 0) is 30.2 Å². The first kappa shape index (κ1) is 19.5. The van der Waals surface area contributed by atoms with Gasteiger partial charge in [-0.1, -0.05) is 18.2 Å². The molecule has 28 heavy (non-hydrogen) atoms. The monoisotopic (exact) mass is 390 g/mol. The minimum atomic E-state index is -4.39. The molecule has 0 unspecified atom stereocenters. The number of ether oxygens (including phenoxy) is 2. The van der Waals surface area contributed by atoms with Crippen molar-refractivity contribution in [2.45, 2.75) is 24.6 Å². The third-order valence-electron chi connectivity index (χ3n) is 4.43. The zero-order valence-electron chi connectivity index (χ0n) is 14.9. The summed E-state index contributed by atoms with van der Waals surface area (Å²) in [5, 5.41) is 11.6. The first-order chi connectivity index (χ1) is 13.3. The Morgan fingerprint density at radius 1 is 1.25 bits per heavy atom. The van der Waals surface area contributed by atoms with Crippen molar-refractivity contribution >= 4 is 5.91 Å². The Labute approximate surface area is 159 Å². The van der Waals surface area contributed by atoms with E-state index < -0.39 is 11.7 Å². The van der Waals surface area contributed by atoms with Crippen LogP contribution in [0.25, 0.3) is 0 Å². The number of halogens is 3. The van der Waals surface area contributed by atoms with Crippen LogP contribution in [-0.2, 0) is 11.0 Å². The van der Waals surface area contributed by atoms with Gasteiger partial charge in [0.1, 0.15) is 0 Å². The molecule has 146 valence electrons. The summed E-state index contributed by atoms with van der Waals surface area (Å²) in [6, 6.07) is 11.5. The highest BCUT2D eigenvalue weighted by Gasteiger charge is 2.40. The Hall–Kier alpha value is -3.21. The molecule has 0 heterocycles. The van der Waals surface area contributed by atoms with Gasteiger partial charge in [0.2, 0.25) is 0 Å². The Balaban J connectivity index is 1.54. The molecule has 0 saturated heterocycles. The zero-order valence-corrected chi connectivity index (χ0v) is 14.9. The van der Waals surface area contributed by atoms with Crippen molar-refractivity contribution in [3.63, 3.8) is 0 Å². The lowest BCUT2D eigenvalue weighted by Crippen LogP contribution is -2.31. The Morgan fingerprint density at radius 2 is 2.04 bits per heavy atom. The summed E-state index contributed by atoms with van der Waals surface area (Å²) in [6.45, 7) is -0.270. The van der Waals surface area contributed by atoms with Crippen molar-refractivity contribution in [3.8, 4) is 17.6 Å². The Morgan fingerprint density at radius 3 is 2.71 bits per heavy atom. The number of nitrogens with zero attached hydrogens (tertiary/aromatic N) is 1.